The van der Waals surface area contributed by atoms with Gasteiger partial charge in [-0.05, 0) is 42.5 Å². The van der Waals surface area contributed by atoms with Crippen molar-refractivity contribution in [1.82, 2.24) is 20.2 Å². The van der Waals surface area contributed by atoms with Gasteiger partial charge in [-0.2, -0.15) is 0 Å². The van der Waals surface area contributed by atoms with Crippen molar-refractivity contribution in [2.24, 2.45) is 0 Å². The molecule has 0 atom stereocenters. The van der Waals surface area contributed by atoms with Crippen molar-refractivity contribution in [2.75, 3.05) is 17.7 Å². The number of rotatable bonds is 7. The molecule has 0 fully saturated rings. The molecule has 0 spiro atoms. The van der Waals surface area contributed by atoms with Crippen molar-refractivity contribution in [1.29, 1.82) is 0 Å². The highest BCUT2D eigenvalue weighted by Gasteiger charge is 2.26. The number of nitrogens with zero attached hydrogens (tertiary/aromatic N) is 2. The molecule has 42 heavy (non-hydrogen) atoms. The summed E-state index contributed by atoms with van der Waals surface area (Å²) >= 11 is 0. The molecule has 11 heteroatoms. The lowest BCUT2D eigenvalue weighted by Gasteiger charge is -2.11. The fourth-order valence-electron chi connectivity index (χ4n) is 4.67. The van der Waals surface area contributed by atoms with Crippen molar-refractivity contribution in [3.8, 4) is 22.8 Å². The quantitative estimate of drug-likeness (QED) is 0.130. The maximum absolute atomic E-state index is 13.8. The van der Waals surface area contributed by atoms with Gasteiger partial charge < -0.3 is 25.3 Å². The van der Waals surface area contributed by atoms with Crippen molar-refractivity contribution in [2.45, 2.75) is 12.8 Å². The van der Waals surface area contributed by atoms with Crippen LogP contribution < -0.4 is 10.6 Å². The monoisotopic (exact) mass is 566 g/mol. The zero-order valence-electron chi connectivity index (χ0n) is 22.5. The highest BCUT2D eigenvalue weighted by atomic mass is 19.3. The number of anilines is 3. The van der Waals surface area contributed by atoms with E-state index in [1.54, 1.807) is 24.3 Å². The van der Waals surface area contributed by atoms with Crippen LogP contribution in [0.5, 0.6) is 0 Å². The van der Waals surface area contributed by atoms with Gasteiger partial charge in [0.25, 0.3) is 11.8 Å². The Morgan fingerprint density at radius 3 is 2.40 bits per heavy atom. The van der Waals surface area contributed by atoms with E-state index in [1.807, 2.05) is 42.5 Å². The molecule has 1 aliphatic heterocycles. The number of hydrogen-bond acceptors (Lipinski definition) is 6. The highest BCUT2D eigenvalue weighted by Crippen LogP contribution is 2.36. The van der Waals surface area contributed by atoms with E-state index in [1.165, 1.54) is 25.4 Å². The smallest absolute Gasteiger partial charge is 0.339 e. The second-order valence-corrected chi connectivity index (χ2v) is 9.80. The Bertz CT molecular complexity index is 1870. The Balaban J connectivity index is 1.21. The number of methoxy groups -OCH3 is 1. The third kappa shape index (κ3) is 5.27. The molecule has 9 nitrogen and oxygen atoms in total. The van der Waals surface area contributed by atoms with Crippen LogP contribution in [-0.4, -0.2) is 39.2 Å². The van der Waals surface area contributed by atoms with E-state index >= 15 is 0 Å². The summed E-state index contributed by atoms with van der Waals surface area (Å²) in [6.45, 7) is 0.855. The Kier molecular flexibility index (Phi) is 6.62. The molecule has 0 aliphatic carbocycles. The summed E-state index contributed by atoms with van der Waals surface area (Å²) in [4.78, 5) is 30.5. The molecule has 1 amide bonds. The zero-order valence-corrected chi connectivity index (χ0v) is 22.5. The largest absolute Gasteiger partial charge is 0.465 e. The molecular weight excluding hydrogens is 542 g/mol. The number of alkyl halides is 2. The number of carbonyl (C=O) groups is 2. The Labute approximate surface area is 238 Å². The minimum Gasteiger partial charge on any atom is -0.465 e. The third-order valence-electron chi connectivity index (χ3n) is 6.78. The van der Waals surface area contributed by atoms with Gasteiger partial charge in [0.2, 0.25) is 0 Å². The van der Waals surface area contributed by atoms with E-state index < -0.39 is 11.9 Å². The first-order valence-corrected chi connectivity index (χ1v) is 12.9. The fourth-order valence-corrected chi connectivity index (χ4v) is 4.67. The first kappa shape index (κ1) is 26.6. The summed E-state index contributed by atoms with van der Waals surface area (Å²) in [5.74, 6) is -2.82. The molecule has 2 aromatic heterocycles. The van der Waals surface area contributed by atoms with E-state index in [0.717, 1.165) is 29.4 Å². The van der Waals surface area contributed by atoms with Crippen LogP contribution in [0.1, 0.15) is 34.1 Å². The summed E-state index contributed by atoms with van der Waals surface area (Å²) in [6.07, 6.45) is 3.21. The van der Waals surface area contributed by atoms with E-state index in [-0.39, 0.29) is 11.5 Å². The van der Waals surface area contributed by atoms with Gasteiger partial charge in [-0.3, -0.25) is 4.79 Å². The zero-order chi connectivity index (χ0) is 29.4. The summed E-state index contributed by atoms with van der Waals surface area (Å²) in [5.41, 5.74) is 5.46. The van der Waals surface area contributed by atoms with Crippen LogP contribution in [0.4, 0.5) is 25.8 Å². The number of amides is 1. The maximum Gasteiger partial charge on any atom is 0.339 e. The van der Waals surface area contributed by atoms with E-state index in [2.05, 4.69) is 30.8 Å². The average molecular weight is 567 g/mol. The highest BCUT2D eigenvalue weighted by molar-refractivity contribution is 6.35. The molecule has 5 aromatic rings. The first-order chi connectivity index (χ1) is 20.2. The van der Waals surface area contributed by atoms with Crippen molar-refractivity contribution in [3.05, 3.63) is 101 Å². The van der Waals surface area contributed by atoms with E-state index in [0.29, 0.717) is 39.7 Å². The molecule has 1 aliphatic rings. The molecule has 4 N–H and O–H groups in total. The third-order valence-corrected chi connectivity index (χ3v) is 6.78. The molecule has 0 unspecified atom stereocenters. The lowest BCUT2D eigenvalue weighted by Crippen LogP contribution is -2.06. The molecule has 3 aromatic carbocycles. The lowest BCUT2D eigenvalue weighted by atomic mass is 10.1. The number of carbonyl (C=O) groups excluding carboxylic acids is 2. The Hall–Kier alpha value is -5.58. The van der Waals surface area contributed by atoms with Gasteiger partial charge in [0.05, 0.1) is 23.9 Å². The number of halogens is 2. The fraction of sp³-hybridized carbons (Fsp3) is 0.0968. The number of benzene rings is 3. The number of hydrogen-bond donors (Lipinski definition) is 4. The van der Waals surface area contributed by atoms with Crippen LogP contribution in [0.3, 0.4) is 0 Å². The number of H-pyrrole nitrogens is 2. The minimum absolute atomic E-state index is 0.103. The Morgan fingerprint density at radius 1 is 0.952 bits per heavy atom. The summed E-state index contributed by atoms with van der Waals surface area (Å²) in [7, 11) is 1.31. The van der Waals surface area contributed by atoms with Gasteiger partial charge in [0, 0.05) is 52.4 Å². The van der Waals surface area contributed by atoms with Crippen LogP contribution in [0, 0.1) is 0 Å². The van der Waals surface area contributed by atoms with Gasteiger partial charge >= 0.3 is 5.97 Å². The van der Waals surface area contributed by atoms with Crippen LogP contribution >= 0.6 is 0 Å². The van der Waals surface area contributed by atoms with Crippen LogP contribution in [0.15, 0.2) is 79.0 Å². The topological polar surface area (TPSA) is 125 Å². The number of aromatic amines is 2. The summed E-state index contributed by atoms with van der Waals surface area (Å²) in [6, 6.07) is 20.7. The van der Waals surface area contributed by atoms with E-state index in [9.17, 15) is 18.4 Å². The molecule has 0 bridgehead atoms. The van der Waals surface area contributed by atoms with Crippen LogP contribution in [0.25, 0.3) is 34.4 Å². The maximum atomic E-state index is 13.8. The van der Waals surface area contributed by atoms with Gasteiger partial charge in [0.1, 0.15) is 0 Å². The predicted molar refractivity (Wildman–Crippen MR) is 155 cm³/mol. The van der Waals surface area contributed by atoms with Gasteiger partial charge in [-0.1, -0.05) is 36.4 Å². The standard InChI is InChI=1S/C31H24F2N6O3/c1-31(32,33)20-7-3-5-17(11-20)27-37-28(39-38-27)18-6-4-8-21(12-18)35-22-9-10-24-25(29(40)36-26(24)15-22)14-23-13-19(16-34-23)30(41)42-2/h3-16,34-35H,1-2H3,(H,36,40)(H,37,38,39). The number of ether oxygens (including phenoxy) is 1. The molecule has 3 heterocycles. The van der Waals surface area contributed by atoms with Crippen molar-refractivity contribution < 1.29 is 23.1 Å². The van der Waals surface area contributed by atoms with Crippen molar-refractivity contribution >= 4 is 40.6 Å². The molecule has 0 saturated heterocycles. The minimum atomic E-state index is -2.96. The number of aromatic nitrogens is 4. The molecule has 6 rings (SSSR count). The average Bonchev–Trinajstić information content (AvgIpc) is 3.72. The van der Waals surface area contributed by atoms with E-state index in [4.69, 9.17) is 4.74 Å². The number of fused-ring (bicyclic) bond motifs is 1. The number of esters is 1. The first-order valence-electron chi connectivity index (χ1n) is 12.9. The van der Waals surface area contributed by atoms with Gasteiger partial charge in [0.15, 0.2) is 11.6 Å². The van der Waals surface area contributed by atoms with Crippen LogP contribution in [0.2, 0.25) is 0 Å². The van der Waals surface area contributed by atoms with Gasteiger partial charge in [-0.15, -0.1) is 10.2 Å². The molecule has 0 radical (unpaired) electrons. The predicted octanol–water partition coefficient (Wildman–Crippen LogP) is 6.60. The molecular formula is C31H24F2N6O3. The number of nitrogens with one attached hydrogen (secondary N) is 4. The van der Waals surface area contributed by atoms with Gasteiger partial charge in [-0.25, -0.2) is 13.6 Å². The molecule has 0 saturated carbocycles. The summed E-state index contributed by atoms with van der Waals surface area (Å²) in [5, 5.41) is 14.6. The lowest BCUT2D eigenvalue weighted by molar-refractivity contribution is -0.110. The SMILES string of the molecule is COC(=O)c1c[nH]c(C=C2C(=O)Nc3cc(Nc4cccc(-c5nnc(-c6cccc(C(C)(F)F)c6)[nH]5)c4)ccc32)c1. The Morgan fingerprint density at radius 2 is 1.67 bits per heavy atom. The second-order valence-electron chi connectivity index (χ2n) is 9.80. The normalized spacial score (nSPS) is 13.6. The van der Waals surface area contributed by atoms with Crippen molar-refractivity contribution in [3.63, 3.8) is 0 Å². The van der Waals surface area contributed by atoms with Crippen LogP contribution in [-0.2, 0) is 15.5 Å². The second kappa shape index (κ2) is 10.4. The summed E-state index contributed by atoms with van der Waals surface area (Å²) < 4.78 is 32.3. The molecule has 210 valence electrons.